The number of rotatable bonds is 4. The molecule has 0 amide bonds. The van der Waals surface area contributed by atoms with Gasteiger partial charge in [-0.25, -0.2) is 0 Å². The zero-order valence-electron chi connectivity index (χ0n) is 12.7. The molecule has 0 bridgehead atoms. The number of alkyl halides is 3. The highest BCUT2D eigenvalue weighted by Gasteiger charge is 2.30. The molecule has 0 spiro atoms. The largest absolute Gasteiger partial charge is 0.416 e. The Kier molecular flexibility index (Phi) is 5.03. The van der Waals surface area contributed by atoms with Gasteiger partial charge in [0.25, 0.3) is 0 Å². The summed E-state index contributed by atoms with van der Waals surface area (Å²) in [7, 11) is 0. The standard InChI is InChI=1S/C18H13ClF3NOS/c19-13-5-7-14(8-6-13)23-17(24)16-10-9-15(25-16)11-1-3-12(4-2-11)18(20,21)22/h1-10,17,23-24H. The van der Waals surface area contributed by atoms with Crippen molar-refractivity contribution in [1.82, 2.24) is 0 Å². The summed E-state index contributed by atoms with van der Waals surface area (Å²) in [6.45, 7) is 0. The normalized spacial score (nSPS) is 12.8. The number of nitrogens with one attached hydrogen (secondary N) is 1. The topological polar surface area (TPSA) is 32.3 Å². The highest BCUT2D eigenvalue weighted by atomic mass is 35.5. The quantitative estimate of drug-likeness (QED) is 0.526. The summed E-state index contributed by atoms with van der Waals surface area (Å²) in [5.41, 5.74) is 0.696. The van der Waals surface area contributed by atoms with Crippen molar-refractivity contribution in [2.24, 2.45) is 0 Å². The molecule has 3 rings (SSSR count). The smallest absolute Gasteiger partial charge is 0.369 e. The van der Waals surface area contributed by atoms with Gasteiger partial charge in [0.05, 0.1) is 10.4 Å². The molecule has 0 aliphatic heterocycles. The van der Waals surface area contributed by atoms with E-state index in [1.165, 1.54) is 23.5 Å². The third-order valence-corrected chi connectivity index (χ3v) is 4.98. The third kappa shape index (κ3) is 4.34. The monoisotopic (exact) mass is 383 g/mol. The number of thiophene rings is 1. The second-order valence-electron chi connectivity index (χ2n) is 5.33. The Morgan fingerprint density at radius 3 is 2.16 bits per heavy atom. The average Bonchev–Trinajstić information content (AvgIpc) is 3.06. The van der Waals surface area contributed by atoms with Crippen LogP contribution in [0.3, 0.4) is 0 Å². The Bertz CT molecular complexity index is 844. The molecule has 0 radical (unpaired) electrons. The van der Waals surface area contributed by atoms with Gasteiger partial charge in [0, 0.05) is 15.6 Å². The Hall–Kier alpha value is -2.02. The van der Waals surface area contributed by atoms with Crippen molar-refractivity contribution < 1.29 is 18.3 Å². The summed E-state index contributed by atoms with van der Waals surface area (Å²) < 4.78 is 37.9. The second-order valence-corrected chi connectivity index (χ2v) is 6.88. The van der Waals surface area contributed by atoms with E-state index in [9.17, 15) is 18.3 Å². The number of hydrogen-bond acceptors (Lipinski definition) is 3. The molecule has 0 aliphatic carbocycles. The van der Waals surface area contributed by atoms with Crippen LogP contribution in [0.5, 0.6) is 0 Å². The Balaban J connectivity index is 1.74. The van der Waals surface area contributed by atoms with E-state index >= 15 is 0 Å². The lowest BCUT2D eigenvalue weighted by atomic mass is 10.1. The lowest BCUT2D eigenvalue weighted by Gasteiger charge is -2.12. The van der Waals surface area contributed by atoms with E-state index in [0.717, 1.165) is 17.0 Å². The third-order valence-electron chi connectivity index (χ3n) is 3.54. The molecule has 2 nitrogen and oxygen atoms in total. The zero-order chi connectivity index (χ0) is 18.0. The molecule has 7 heteroatoms. The molecular formula is C18H13ClF3NOS. The average molecular weight is 384 g/mol. The molecule has 0 fully saturated rings. The number of hydrogen-bond donors (Lipinski definition) is 2. The van der Waals surface area contributed by atoms with E-state index in [1.807, 2.05) is 0 Å². The Morgan fingerprint density at radius 1 is 0.920 bits per heavy atom. The number of benzene rings is 2. The van der Waals surface area contributed by atoms with Gasteiger partial charge < -0.3 is 10.4 Å². The number of anilines is 1. The molecule has 130 valence electrons. The SMILES string of the molecule is OC(Nc1ccc(Cl)cc1)c1ccc(-c2ccc(C(F)(F)F)cc2)s1. The minimum atomic E-state index is -4.35. The summed E-state index contributed by atoms with van der Waals surface area (Å²) in [5, 5.41) is 13.8. The van der Waals surface area contributed by atoms with Gasteiger partial charge in [-0.3, -0.25) is 0 Å². The molecular weight excluding hydrogens is 371 g/mol. The molecule has 3 aromatic rings. The van der Waals surface area contributed by atoms with Crippen molar-refractivity contribution in [1.29, 1.82) is 0 Å². The van der Waals surface area contributed by atoms with Crippen LogP contribution in [0.1, 0.15) is 16.7 Å². The van der Waals surface area contributed by atoms with E-state index in [2.05, 4.69) is 5.32 Å². The first kappa shape index (κ1) is 17.8. The van der Waals surface area contributed by atoms with Crippen molar-refractivity contribution in [3.05, 3.63) is 76.1 Å². The van der Waals surface area contributed by atoms with Gasteiger partial charge in [0.1, 0.15) is 0 Å². The highest BCUT2D eigenvalue weighted by molar-refractivity contribution is 7.15. The van der Waals surface area contributed by atoms with Crippen LogP contribution in [-0.2, 0) is 6.18 Å². The number of aliphatic hydroxyl groups is 1. The van der Waals surface area contributed by atoms with Gasteiger partial charge in [-0.15, -0.1) is 11.3 Å². The van der Waals surface area contributed by atoms with E-state index in [0.29, 0.717) is 21.2 Å². The van der Waals surface area contributed by atoms with Gasteiger partial charge in [-0.2, -0.15) is 13.2 Å². The number of halogens is 4. The maximum Gasteiger partial charge on any atom is 0.416 e. The molecule has 0 saturated carbocycles. The van der Waals surface area contributed by atoms with Gasteiger partial charge in [-0.05, 0) is 54.1 Å². The van der Waals surface area contributed by atoms with Gasteiger partial charge >= 0.3 is 6.18 Å². The lowest BCUT2D eigenvalue weighted by molar-refractivity contribution is -0.137. The van der Waals surface area contributed by atoms with Gasteiger partial charge in [0.15, 0.2) is 6.23 Å². The predicted octanol–water partition coefficient (Wildman–Crippen LogP) is 6.19. The van der Waals surface area contributed by atoms with Crippen LogP contribution in [0, 0.1) is 0 Å². The molecule has 0 saturated heterocycles. The summed E-state index contributed by atoms with van der Waals surface area (Å²) in [6, 6.07) is 15.4. The molecule has 1 heterocycles. The van der Waals surface area contributed by atoms with Crippen LogP contribution in [0.4, 0.5) is 18.9 Å². The fourth-order valence-electron chi connectivity index (χ4n) is 2.25. The Labute approximate surface area is 151 Å². The molecule has 1 unspecified atom stereocenters. The van der Waals surface area contributed by atoms with E-state index in [4.69, 9.17) is 11.6 Å². The molecule has 25 heavy (non-hydrogen) atoms. The summed E-state index contributed by atoms with van der Waals surface area (Å²) in [5.74, 6) is 0. The molecule has 2 aromatic carbocycles. The Morgan fingerprint density at radius 2 is 1.56 bits per heavy atom. The van der Waals surface area contributed by atoms with Crippen LogP contribution in [-0.4, -0.2) is 5.11 Å². The molecule has 1 aromatic heterocycles. The van der Waals surface area contributed by atoms with E-state index < -0.39 is 18.0 Å². The van der Waals surface area contributed by atoms with Crippen molar-refractivity contribution in [3.63, 3.8) is 0 Å². The summed E-state index contributed by atoms with van der Waals surface area (Å²) in [6.07, 6.45) is -5.27. The zero-order valence-corrected chi connectivity index (χ0v) is 14.3. The minimum Gasteiger partial charge on any atom is -0.369 e. The molecule has 2 N–H and O–H groups in total. The first-order chi connectivity index (χ1) is 11.8. The first-order valence-electron chi connectivity index (χ1n) is 7.30. The van der Waals surface area contributed by atoms with Crippen LogP contribution >= 0.6 is 22.9 Å². The van der Waals surface area contributed by atoms with Gasteiger partial charge in [0.2, 0.25) is 0 Å². The second kappa shape index (κ2) is 7.07. The van der Waals surface area contributed by atoms with Crippen LogP contribution < -0.4 is 5.32 Å². The number of aliphatic hydroxyl groups excluding tert-OH is 1. The van der Waals surface area contributed by atoms with Crippen molar-refractivity contribution in [3.8, 4) is 10.4 Å². The molecule has 1 atom stereocenters. The van der Waals surface area contributed by atoms with E-state index in [1.54, 1.807) is 36.4 Å². The van der Waals surface area contributed by atoms with Gasteiger partial charge in [-0.1, -0.05) is 23.7 Å². The van der Waals surface area contributed by atoms with Crippen molar-refractivity contribution in [2.75, 3.05) is 5.32 Å². The maximum absolute atomic E-state index is 12.6. The van der Waals surface area contributed by atoms with Crippen LogP contribution in [0.2, 0.25) is 5.02 Å². The minimum absolute atomic E-state index is 0.598. The van der Waals surface area contributed by atoms with Crippen LogP contribution in [0.15, 0.2) is 60.7 Å². The van der Waals surface area contributed by atoms with E-state index in [-0.39, 0.29) is 0 Å². The van der Waals surface area contributed by atoms with Crippen molar-refractivity contribution in [2.45, 2.75) is 12.4 Å². The predicted molar refractivity (Wildman–Crippen MR) is 94.8 cm³/mol. The fraction of sp³-hybridized carbons (Fsp3) is 0.111. The first-order valence-corrected chi connectivity index (χ1v) is 8.50. The highest BCUT2D eigenvalue weighted by Crippen LogP contribution is 2.35. The molecule has 0 aliphatic rings. The summed E-state index contributed by atoms with van der Waals surface area (Å²) >= 11 is 7.13. The maximum atomic E-state index is 12.6. The lowest BCUT2D eigenvalue weighted by Crippen LogP contribution is -2.07. The fourth-order valence-corrected chi connectivity index (χ4v) is 3.33. The van der Waals surface area contributed by atoms with Crippen molar-refractivity contribution >= 4 is 28.6 Å². The summed E-state index contributed by atoms with van der Waals surface area (Å²) in [4.78, 5) is 1.44. The van der Waals surface area contributed by atoms with Crippen LogP contribution in [0.25, 0.3) is 10.4 Å².